The first-order valence-electron chi connectivity index (χ1n) is 13.8. The van der Waals surface area contributed by atoms with Crippen LogP contribution in [0.25, 0.3) is 0 Å². The number of para-hydroxylation sites is 1. The Kier molecular flexibility index (Phi) is 10.8. The van der Waals surface area contributed by atoms with Gasteiger partial charge in [0.2, 0.25) is 0 Å². The number of aryl methyl sites for hydroxylation is 1. The van der Waals surface area contributed by atoms with Gasteiger partial charge in [0.1, 0.15) is 0 Å². The number of nitrogens with one attached hydrogen (secondary N) is 2. The molecule has 0 unspecified atom stereocenters. The molecule has 0 atom stereocenters. The van der Waals surface area contributed by atoms with Crippen molar-refractivity contribution in [2.24, 2.45) is 0 Å². The minimum absolute atomic E-state index is 0.952. The third-order valence-electron chi connectivity index (χ3n) is 6.91. The van der Waals surface area contributed by atoms with Gasteiger partial charge in [0.25, 0.3) is 0 Å². The van der Waals surface area contributed by atoms with Gasteiger partial charge in [0.05, 0.1) is 0 Å². The molecule has 198 valence electrons. The lowest BCUT2D eigenvalue weighted by Crippen LogP contribution is -2.34. The Morgan fingerprint density at radius 2 is 1.03 bits per heavy atom. The second kappa shape index (κ2) is 15.0. The molecule has 0 saturated carbocycles. The van der Waals surface area contributed by atoms with Crippen molar-refractivity contribution in [1.29, 1.82) is 0 Å². The molecule has 0 saturated heterocycles. The molecule has 0 aliphatic carbocycles. The Labute approximate surface area is 229 Å². The van der Waals surface area contributed by atoms with Gasteiger partial charge < -0.3 is 20.4 Å². The zero-order chi connectivity index (χ0) is 26.4. The highest BCUT2D eigenvalue weighted by Crippen LogP contribution is 2.17. The number of nitrogens with zero attached hydrogens (tertiary/aromatic N) is 2. The van der Waals surface area contributed by atoms with Gasteiger partial charge in [-0.3, -0.25) is 0 Å². The molecule has 0 radical (unpaired) electrons. The average Bonchev–Trinajstić information content (AvgIpc) is 2.95. The van der Waals surface area contributed by atoms with Crippen molar-refractivity contribution in [2.75, 3.05) is 57.5 Å². The van der Waals surface area contributed by atoms with Crippen molar-refractivity contribution in [3.63, 3.8) is 0 Å². The number of rotatable bonds is 15. The summed E-state index contributed by atoms with van der Waals surface area (Å²) in [6.07, 6.45) is 3.27. The first kappa shape index (κ1) is 27.4. The summed E-state index contributed by atoms with van der Waals surface area (Å²) in [6, 6.07) is 38.6. The Balaban J connectivity index is 1.06. The number of anilines is 3. The van der Waals surface area contributed by atoms with Crippen molar-refractivity contribution in [2.45, 2.75) is 19.3 Å². The highest BCUT2D eigenvalue weighted by Gasteiger charge is 2.04. The molecule has 0 aliphatic rings. The minimum Gasteiger partial charge on any atom is -0.384 e. The van der Waals surface area contributed by atoms with Gasteiger partial charge in [0.15, 0.2) is 0 Å². The maximum Gasteiger partial charge on any atom is 0.0384 e. The summed E-state index contributed by atoms with van der Waals surface area (Å²) in [4.78, 5) is 4.85. The van der Waals surface area contributed by atoms with Crippen LogP contribution in [0.4, 0.5) is 17.1 Å². The fourth-order valence-electron chi connectivity index (χ4n) is 4.52. The smallest absolute Gasteiger partial charge is 0.0384 e. The van der Waals surface area contributed by atoms with Crippen molar-refractivity contribution < 1.29 is 0 Å². The third-order valence-corrected chi connectivity index (χ3v) is 6.91. The molecule has 4 aromatic carbocycles. The zero-order valence-electron chi connectivity index (χ0n) is 22.9. The fourth-order valence-corrected chi connectivity index (χ4v) is 4.52. The summed E-state index contributed by atoms with van der Waals surface area (Å²) in [5, 5.41) is 7.01. The van der Waals surface area contributed by atoms with Gasteiger partial charge in [-0.15, -0.1) is 0 Å². The Bertz CT molecular complexity index is 1080. The van der Waals surface area contributed by atoms with E-state index in [1.807, 2.05) is 6.07 Å². The van der Waals surface area contributed by atoms with Gasteiger partial charge >= 0.3 is 0 Å². The lowest BCUT2D eigenvalue weighted by Gasteiger charge is -2.22. The SMILES string of the molecule is CN(CCCc1ccc(Nc2ccccc2)cc1)CCN(C)CCNc1ccc(Cc2ccccc2)cc1. The van der Waals surface area contributed by atoms with E-state index < -0.39 is 0 Å². The second-order valence-electron chi connectivity index (χ2n) is 10.2. The monoisotopic (exact) mass is 506 g/mol. The van der Waals surface area contributed by atoms with E-state index in [1.54, 1.807) is 0 Å². The molecule has 4 aromatic rings. The van der Waals surface area contributed by atoms with E-state index in [9.17, 15) is 0 Å². The van der Waals surface area contributed by atoms with Crippen LogP contribution in [-0.4, -0.2) is 56.6 Å². The average molecular weight is 507 g/mol. The number of hydrogen-bond acceptors (Lipinski definition) is 4. The molecule has 0 bridgehead atoms. The number of likely N-dealkylation sites (N-methyl/N-ethyl adjacent to an activating group) is 2. The number of hydrogen-bond donors (Lipinski definition) is 2. The predicted octanol–water partition coefficient (Wildman–Crippen LogP) is 6.93. The van der Waals surface area contributed by atoms with Crippen molar-refractivity contribution >= 4 is 17.1 Å². The molecule has 4 rings (SSSR count). The molecule has 0 aliphatic heterocycles. The first-order chi connectivity index (χ1) is 18.6. The molecule has 4 heteroatoms. The van der Waals surface area contributed by atoms with Crippen molar-refractivity contribution in [1.82, 2.24) is 9.80 Å². The van der Waals surface area contributed by atoms with E-state index in [1.165, 1.54) is 28.8 Å². The lowest BCUT2D eigenvalue weighted by molar-refractivity contribution is 0.260. The maximum atomic E-state index is 3.56. The highest BCUT2D eigenvalue weighted by atomic mass is 15.2. The van der Waals surface area contributed by atoms with Crippen molar-refractivity contribution in [3.05, 3.63) is 126 Å². The summed E-state index contributed by atoms with van der Waals surface area (Å²) >= 11 is 0. The summed E-state index contributed by atoms with van der Waals surface area (Å²) in [6.45, 7) is 5.26. The summed E-state index contributed by atoms with van der Waals surface area (Å²) in [5.74, 6) is 0. The predicted molar refractivity (Wildman–Crippen MR) is 164 cm³/mol. The zero-order valence-corrected chi connectivity index (χ0v) is 22.9. The van der Waals surface area contributed by atoms with Gasteiger partial charge in [0, 0.05) is 43.2 Å². The fraction of sp³-hybridized carbons (Fsp3) is 0.294. The largest absolute Gasteiger partial charge is 0.384 e. The molecule has 2 N–H and O–H groups in total. The number of benzene rings is 4. The molecule has 0 aromatic heterocycles. The Morgan fingerprint density at radius 1 is 0.500 bits per heavy atom. The summed E-state index contributed by atoms with van der Waals surface area (Å²) in [5.41, 5.74) is 7.54. The molecular weight excluding hydrogens is 464 g/mol. The Morgan fingerprint density at radius 3 is 1.71 bits per heavy atom. The van der Waals surface area contributed by atoms with E-state index in [0.29, 0.717) is 0 Å². The third kappa shape index (κ3) is 9.70. The first-order valence-corrected chi connectivity index (χ1v) is 13.8. The topological polar surface area (TPSA) is 30.5 Å². The molecule has 0 spiro atoms. The molecular formula is C34H42N4. The second-order valence-corrected chi connectivity index (χ2v) is 10.2. The van der Waals surface area contributed by atoms with Crippen LogP contribution in [0.2, 0.25) is 0 Å². The molecule has 38 heavy (non-hydrogen) atoms. The van der Waals surface area contributed by atoms with E-state index in [-0.39, 0.29) is 0 Å². The van der Waals surface area contributed by atoms with Crippen LogP contribution in [0.3, 0.4) is 0 Å². The van der Waals surface area contributed by atoms with Crippen LogP contribution in [0.5, 0.6) is 0 Å². The highest BCUT2D eigenvalue weighted by molar-refractivity contribution is 5.59. The molecule has 0 amide bonds. The molecule has 0 fully saturated rings. The Hall–Kier alpha value is -3.60. The van der Waals surface area contributed by atoms with Crippen molar-refractivity contribution in [3.8, 4) is 0 Å². The van der Waals surface area contributed by atoms with Crippen LogP contribution in [0.1, 0.15) is 23.1 Å². The van der Waals surface area contributed by atoms with Gasteiger partial charge in [-0.2, -0.15) is 0 Å². The van der Waals surface area contributed by atoms with Gasteiger partial charge in [-0.1, -0.05) is 72.8 Å². The van der Waals surface area contributed by atoms with Crippen LogP contribution in [-0.2, 0) is 12.8 Å². The van der Waals surface area contributed by atoms with E-state index in [0.717, 1.165) is 56.9 Å². The van der Waals surface area contributed by atoms with Crippen LogP contribution < -0.4 is 10.6 Å². The summed E-state index contributed by atoms with van der Waals surface area (Å²) < 4.78 is 0. The van der Waals surface area contributed by atoms with Crippen LogP contribution >= 0.6 is 0 Å². The lowest BCUT2D eigenvalue weighted by atomic mass is 10.0. The molecule has 0 heterocycles. The quantitative estimate of drug-likeness (QED) is 0.183. The maximum absolute atomic E-state index is 3.56. The van der Waals surface area contributed by atoms with Gasteiger partial charge in [-0.05, 0) is 93.0 Å². The molecule has 4 nitrogen and oxygen atoms in total. The standard InChI is InChI=1S/C34H42N4/c1-37(24-9-12-29-15-21-34(22-16-29)36-33-13-7-4-8-14-33)26-27-38(2)25-23-35-32-19-17-31(18-20-32)28-30-10-5-3-6-11-30/h3-8,10-11,13-22,35-36H,9,12,23-28H2,1-2H3. The van der Waals surface area contributed by atoms with Crippen LogP contribution in [0, 0.1) is 0 Å². The van der Waals surface area contributed by atoms with Crippen LogP contribution in [0.15, 0.2) is 109 Å². The van der Waals surface area contributed by atoms with E-state index in [2.05, 4.69) is 138 Å². The van der Waals surface area contributed by atoms with Gasteiger partial charge in [-0.25, -0.2) is 0 Å². The van der Waals surface area contributed by atoms with E-state index in [4.69, 9.17) is 0 Å². The van der Waals surface area contributed by atoms with E-state index >= 15 is 0 Å². The minimum atomic E-state index is 0.952. The summed E-state index contributed by atoms with van der Waals surface area (Å²) in [7, 11) is 4.44. The normalized spacial score (nSPS) is 11.2.